The van der Waals surface area contributed by atoms with E-state index < -0.39 is 32.4 Å². The molecule has 2 saturated heterocycles. The lowest BCUT2D eigenvalue weighted by Crippen LogP contribution is -2.54. The van der Waals surface area contributed by atoms with Gasteiger partial charge in [0.2, 0.25) is 0 Å². The van der Waals surface area contributed by atoms with Gasteiger partial charge in [0.1, 0.15) is 30.0 Å². The fraction of sp³-hybridized carbons (Fsp3) is 0.625. The number of rotatable bonds is 3. The molecule has 7 heteroatoms. The third kappa shape index (κ3) is 2.81. The minimum absolute atomic E-state index is 0.231. The van der Waals surface area contributed by atoms with Crippen LogP contribution in [0.1, 0.15) is 20.8 Å². The first-order valence-corrected chi connectivity index (χ1v) is 9.40. The molecule has 0 saturated carbocycles. The van der Waals surface area contributed by atoms with Gasteiger partial charge < -0.3 is 19.3 Å². The summed E-state index contributed by atoms with van der Waals surface area (Å²) in [4.78, 5) is 0.231. The summed E-state index contributed by atoms with van der Waals surface area (Å²) in [6.45, 7) is 5.37. The van der Waals surface area contributed by atoms with E-state index in [1.807, 2.05) is 0 Å². The van der Waals surface area contributed by atoms with Crippen LogP contribution in [0.3, 0.4) is 0 Å². The number of nitrogens with zero attached hydrogens (tertiary/aromatic N) is 1. The van der Waals surface area contributed by atoms with Gasteiger partial charge in [0, 0.05) is 0 Å². The molecule has 0 bridgehead atoms. The SMILES string of the molecule is C[C@@H]1[C@@H]2OC(C)(C)O[C@@H]2[C@H](CS(=O)(=O)c2ccccc2)[N+]1(C)[O-]. The molecule has 0 aliphatic carbocycles. The van der Waals surface area contributed by atoms with E-state index >= 15 is 0 Å². The molecule has 1 aromatic rings. The van der Waals surface area contributed by atoms with Crippen molar-refractivity contribution in [3.8, 4) is 0 Å². The van der Waals surface area contributed by atoms with E-state index in [0.29, 0.717) is 0 Å². The van der Waals surface area contributed by atoms with Gasteiger partial charge >= 0.3 is 0 Å². The Bertz CT molecular complexity index is 686. The van der Waals surface area contributed by atoms with Crippen molar-refractivity contribution in [1.82, 2.24) is 0 Å². The Morgan fingerprint density at radius 3 is 2.35 bits per heavy atom. The predicted octanol–water partition coefficient (Wildman–Crippen LogP) is 1.70. The first-order valence-electron chi connectivity index (χ1n) is 7.75. The summed E-state index contributed by atoms with van der Waals surface area (Å²) >= 11 is 0. The van der Waals surface area contributed by atoms with Crippen LogP contribution in [0, 0.1) is 5.21 Å². The molecule has 0 N–H and O–H groups in total. The molecule has 2 aliphatic heterocycles. The average molecular weight is 341 g/mol. The van der Waals surface area contributed by atoms with Crippen LogP contribution >= 0.6 is 0 Å². The Hall–Kier alpha value is -0.990. The second kappa shape index (κ2) is 5.26. The zero-order valence-electron chi connectivity index (χ0n) is 13.8. The van der Waals surface area contributed by atoms with E-state index in [4.69, 9.17) is 9.47 Å². The van der Waals surface area contributed by atoms with Crippen molar-refractivity contribution < 1.29 is 22.5 Å². The highest BCUT2D eigenvalue weighted by Gasteiger charge is 2.61. The van der Waals surface area contributed by atoms with E-state index in [9.17, 15) is 13.6 Å². The van der Waals surface area contributed by atoms with Gasteiger partial charge in [-0.1, -0.05) is 18.2 Å². The molecule has 6 nitrogen and oxygen atoms in total. The van der Waals surface area contributed by atoms with Crippen molar-refractivity contribution in [2.24, 2.45) is 0 Å². The smallest absolute Gasteiger partial charge is 0.184 e. The quantitative estimate of drug-likeness (QED) is 0.618. The molecule has 23 heavy (non-hydrogen) atoms. The summed E-state index contributed by atoms with van der Waals surface area (Å²) in [5.41, 5.74) is 0. The van der Waals surface area contributed by atoms with Crippen LogP contribution in [-0.4, -0.2) is 55.9 Å². The van der Waals surface area contributed by atoms with E-state index in [1.165, 1.54) is 7.05 Å². The summed E-state index contributed by atoms with van der Waals surface area (Å²) < 4.78 is 36.4. The largest absolute Gasteiger partial charge is 0.632 e. The van der Waals surface area contributed by atoms with Crippen LogP contribution in [0.15, 0.2) is 35.2 Å². The lowest BCUT2D eigenvalue weighted by Gasteiger charge is -2.45. The molecule has 0 aromatic heterocycles. The fourth-order valence-corrected chi connectivity index (χ4v) is 5.26. The molecule has 1 unspecified atom stereocenters. The second-order valence-electron chi connectivity index (χ2n) is 7.03. The zero-order valence-corrected chi connectivity index (χ0v) is 14.6. The van der Waals surface area contributed by atoms with Crippen molar-refractivity contribution >= 4 is 9.84 Å². The van der Waals surface area contributed by atoms with Crippen molar-refractivity contribution in [2.75, 3.05) is 12.8 Å². The highest BCUT2D eigenvalue weighted by molar-refractivity contribution is 7.91. The predicted molar refractivity (Wildman–Crippen MR) is 85.1 cm³/mol. The van der Waals surface area contributed by atoms with Crippen molar-refractivity contribution in [3.05, 3.63) is 35.5 Å². The fourth-order valence-electron chi connectivity index (χ4n) is 3.56. The number of fused-ring (bicyclic) bond motifs is 1. The number of hydroxylamine groups is 3. The Labute approximate surface area is 137 Å². The van der Waals surface area contributed by atoms with Crippen molar-refractivity contribution in [2.45, 2.75) is 55.7 Å². The summed E-state index contributed by atoms with van der Waals surface area (Å²) in [6, 6.07) is 7.14. The van der Waals surface area contributed by atoms with E-state index in [2.05, 4.69) is 0 Å². The minimum atomic E-state index is -3.57. The molecule has 1 aromatic carbocycles. The van der Waals surface area contributed by atoms with E-state index in [-0.39, 0.29) is 22.8 Å². The molecule has 128 valence electrons. The molecule has 0 radical (unpaired) electrons. The van der Waals surface area contributed by atoms with Crippen LogP contribution < -0.4 is 0 Å². The molecule has 2 fully saturated rings. The summed E-state index contributed by atoms with van der Waals surface area (Å²) in [5, 5.41) is 13.0. The standard InChI is InChI=1S/C16H23NO5S/c1-11-14-15(22-16(2,3)21-14)13(17(11,4)18)10-23(19,20)12-8-6-5-7-9-12/h5-9,11,13-15H,10H2,1-4H3/t11-,13+,14+,15-,17?/m1/s1. The molecular weight excluding hydrogens is 318 g/mol. The number of benzene rings is 1. The van der Waals surface area contributed by atoms with Gasteiger partial charge in [0.15, 0.2) is 15.6 Å². The number of hydrogen-bond donors (Lipinski definition) is 0. The molecule has 0 spiro atoms. The highest BCUT2D eigenvalue weighted by atomic mass is 32.2. The van der Waals surface area contributed by atoms with Gasteiger partial charge in [0.25, 0.3) is 0 Å². The van der Waals surface area contributed by atoms with Crippen LogP contribution in [0.2, 0.25) is 0 Å². The Morgan fingerprint density at radius 1 is 1.17 bits per heavy atom. The summed E-state index contributed by atoms with van der Waals surface area (Å²) in [7, 11) is -2.06. The molecule has 2 aliphatic rings. The molecule has 3 rings (SSSR count). The van der Waals surface area contributed by atoms with Crippen LogP contribution in [0.4, 0.5) is 0 Å². The molecule has 2 heterocycles. The third-order valence-electron chi connectivity index (χ3n) is 4.98. The number of likely N-dealkylation sites (tertiary alicyclic amines) is 1. The monoisotopic (exact) mass is 341 g/mol. The van der Waals surface area contributed by atoms with E-state index in [1.54, 1.807) is 51.1 Å². The molecular formula is C16H23NO5S. The first-order chi connectivity index (χ1) is 10.5. The highest BCUT2D eigenvalue weighted by Crippen LogP contribution is 2.43. The second-order valence-corrected chi connectivity index (χ2v) is 9.06. The number of likely N-dealkylation sites (N-methyl/N-ethyl adjacent to an activating group) is 1. The number of quaternary nitrogens is 1. The first kappa shape index (κ1) is 16.9. The lowest BCUT2D eigenvalue weighted by molar-refractivity contribution is -0.896. The average Bonchev–Trinajstić information content (AvgIpc) is 2.86. The summed E-state index contributed by atoms with van der Waals surface area (Å²) in [6.07, 6.45) is -0.899. The van der Waals surface area contributed by atoms with Gasteiger partial charge in [-0.2, -0.15) is 0 Å². The maximum Gasteiger partial charge on any atom is 0.184 e. The maximum absolute atomic E-state index is 13.0. The molecule has 5 atom stereocenters. The maximum atomic E-state index is 13.0. The van der Waals surface area contributed by atoms with Gasteiger partial charge in [-0.25, -0.2) is 8.42 Å². The Balaban J connectivity index is 1.92. The zero-order chi connectivity index (χ0) is 17.0. The minimum Gasteiger partial charge on any atom is -0.632 e. The normalized spacial score (nSPS) is 39.3. The third-order valence-corrected chi connectivity index (χ3v) is 6.75. The number of ether oxygens (including phenoxy) is 2. The van der Waals surface area contributed by atoms with Crippen LogP contribution in [-0.2, 0) is 19.3 Å². The van der Waals surface area contributed by atoms with Gasteiger partial charge in [-0.3, -0.25) is 0 Å². The van der Waals surface area contributed by atoms with Gasteiger partial charge in [-0.05, 0) is 32.9 Å². The van der Waals surface area contributed by atoms with Crippen LogP contribution in [0.5, 0.6) is 0 Å². The number of hydrogen-bond acceptors (Lipinski definition) is 5. The number of sulfone groups is 1. The van der Waals surface area contributed by atoms with Gasteiger partial charge in [-0.15, -0.1) is 0 Å². The Kier molecular flexibility index (Phi) is 3.85. The molecule has 0 amide bonds. The lowest BCUT2D eigenvalue weighted by atomic mass is 10.1. The topological polar surface area (TPSA) is 75.7 Å². The van der Waals surface area contributed by atoms with E-state index in [0.717, 1.165) is 0 Å². The van der Waals surface area contributed by atoms with Gasteiger partial charge in [0.05, 0.1) is 11.9 Å². The Morgan fingerprint density at radius 2 is 1.74 bits per heavy atom. The van der Waals surface area contributed by atoms with Crippen LogP contribution in [0.25, 0.3) is 0 Å². The van der Waals surface area contributed by atoms with Crippen molar-refractivity contribution in [1.29, 1.82) is 0 Å². The summed E-state index contributed by atoms with van der Waals surface area (Å²) in [5.74, 6) is -1.04. The van der Waals surface area contributed by atoms with Crippen molar-refractivity contribution in [3.63, 3.8) is 0 Å².